The molecule has 2 aromatic rings. The first-order chi connectivity index (χ1) is 12.1. The van der Waals surface area contributed by atoms with Gasteiger partial charge in [-0.15, -0.1) is 0 Å². The summed E-state index contributed by atoms with van der Waals surface area (Å²) < 4.78 is 0. The van der Waals surface area contributed by atoms with Crippen LogP contribution in [0.25, 0.3) is 6.08 Å². The van der Waals surface area contributed by atoms with Gasteiger partial charge in [0.1, 0.15) is 0 Å². The van der Waals surface area contributed by atoms with Crippen molar-refractivity contribution >= 4 is 12.0 Å². The molecule has 0 spiro atoms. The molecule has 0 unspecified atom stereocenters. The summed E-state index contributed by atoms with van der Waals surface area (Å²) in [7, 11) is 3.96. The fraction of sp³-hybridized carbons (Fsp3) is 0.250. The van der Waals surface area contributed by atoms with Crippen molar-refractivity contribution in [3.05, 3.63) is 71.6 Å². The quantitative estimate of drug-likeness (QED) is 0.730. The van der Waals surface area contributed by atoms with Crippen molar-refractivity contribution in [2.45, 2.75) is 6.54 Å². The third-order valence-electron chi connectivity index (χ3n) is 3.66. The van der Waals surface area contributed by atoms with Crippen LogP contribution in [0.3, 0.4) is 0 Å². The van der Waals surface area contributed by atoms with Crippen molar-refractivity contribution < 1.29 is 4.79 Å². The number of amides is 1. The topological polar surface area (TPSA) is 60.2 Å². The average Bonchev–Trinajstić information content (AvgIpc) is 2.64. The number of carbonyl (C=O) groups is 1. The van der Waals surface area contributed by atoms with Crippen LogP contribution >= 0.6 is 0 Å². The van der Waals surface area contributed by atoms with Crippen molar-refractivity contribution in [1.82, 2.24) is 14.8 Å². The van der Waals surface area contributed by atoms with Crippen LogP contribution in [0.1, 0.15) is 16.7 Å². The van der Waals surface area contributed by atoms with Crippen LogP contribution in [0.15, 0.2) is 54.9 Å². The van der Waals surface area contributed by atoms with Crippen molar-refractivity contribution in [1.29, 1.82) is 5.26 Å². The molecule has 5 heteroatoms. The highest BCUT2D eigenvalue weighted by molar-refractivity contribution is 5.91. The van der Waals surface area contributed by atoms with Gasteiger partial charge in [0.25, 0.3) is 0 Å². The zero-order valence-electron chi connectivity index (χ0n) is 14.6. The molecule has 128 valence electrons. The van der Waals surface area contributed by atoms with Crippen LogP contribution in [0, 0.1) is 11.3 Å². The van der Waals surface area contributed by atoms with Crippen molar-refractivity contribution in [2.75, 3.05) is 27.2 Å². The van der Waals surface area contributed by atoms with E-state index < -0.39 is 0 Å². The number of nitrogens with zero attached hydrogens (tertiary/aromatic N) is 4. The maximum Gasteiger partial charge on any atom is 0.246 e. The molecule has 25 heavy (non-hydrogen) atoms. The third kappa shape index (κ3) is 6.21. The van der Waals surface area contributed by atoms with E-state index in [0.717, 1.165) is 17.7 Å². The zero-order chi connectivity index (χ0) is 18.1. The number of hydrogen-bond donors (Lipinski definition) is 0. The first-order valence-electron chi connectivity index (χ1n) is 8.09. The minimum Gasteiger partial charge on any atom is -0.333 e. The molecule has 1 heterocycles. The first-order valence-corrected chi connectivity index (χ1v) is 8.09. The summed E-state index contributed by atoms with van der Waals surface area (Å²) in [6.45, 7) is 1.93. The van der Waals surface area contributed by atoms with Gasteiger partial charge in [-0.25, -0.2) is 0 Å². The first kappa shape index (κ1) is 18.4. The average molecular weight is 334 g/mol. The molecule has 0 aliphatic heterocycles. The van der Waals surface area contributed by atoms with Gasteiger partial charge < -0.3 is 9.80 Å². The molecule has 0 fully saturated rings. The Morgan fingerprint density at radius 3 is 2.76 bits per heavy atom. The highest BCUT2D eigenvalue weighted by Crippen LogP contribution is 2.08. The lowest BCUT2D eigenvalue weighted by atomic mass is 10.1. The molecule has 2 rings (SSSR count). The number of aromatic nitrogens is 1. The molecule has 0 bridgehead atoms. The van der Waals surface area contributed by atoms with Gasteiger partial charge in [-0.05, 0) is 49.5 Å². The fourth-order valence-electron chi connectivity index (χ4n) is 2.28. The Labute approximate surface area is 148 Å². The molecule has 0 N–H and O–H groups in total. The Morgan fingerprint density at radius 2 is 2.08 bits per heavy atom. The predicted molar refractivity (Wildman–Crippen MR) is 98.4 cm³/mol. The molecule has 1 aromatic carbocycles. The van der Waals surface area contributed by atoms with Crippen LogP contribution in [-0.2, 0) is 11.3 Å². The Bertz CT molecular complexity index is 763. The van der Waals surface area contributed by atoms with Gasteiger partial charge in [0.15, 0.2) is 0 Å². The van der Waals surface area contributed by atoms with Crippen LogP contribution in [-0.4, -0.2) is 47.9 Å². The van der Waals surface area contributed by atoms with Crippen molar-refractivity contribution in [3.63, 3.8) is 0 Å². The van der Waals surface area contributed by atoms with Gasteiger partial charge in [-0.1, -0.05) is 18.2 Å². The zero-order valence-corrected chi connectivity index (χ0v) is 14.6. The van der Waals surface area contributed by atoms with E-state index in [-0.39, 0.29) is 5.91 Å². The van der Waals surface area contributed by atoms with E-state index >= 15 is 0 Å². The SMILES string of the molecule is CN(C)CCN(Cc1cccnc1)C(=O)C=Cc1cccc(C#N)c1. The van der Waals surface area contributed by atoms with Crippen LogP contribution < -0.4 is 0 Å². The lowest BCUT2D eigenvalue weighted by Gasteiger charge is -2.23. The standard InChI is InChI=1S/C20H22N4O/c1-23(2)11-12-24(16-19-7-4-10-22-15-19)20(25)9-8-17-5-3-6-18(13-17)14-21/h3-10,13,15H,11-12,16H2,1-2H3. The number of benzene rings is 1. The second-order valence-corrected chi connectivity index (χ2v) is 5.99. The summed E-state index contributed by atoms with van der Waals surface area (Å²) in [4.78, 5) is 20.6. The van der Waals surface area contributed by atoms with E-state index in [0.29, 0.717) is 18.7 Å². The largest absolute Gasteiger partial charge is 0.333 e. The molecule has 0 aliphatic carbocycles. The normalized spacial score (nSPS) is 10.8. The van der Waals surface area contributed by atoms with Crippen LogP contribution in [0.2, 0.25) is 0 Å². The van der Waals surface area contributed by atoms with E-state index in [4.69, 9.17) is 5.26 Å². The summed E-state index contributed by atoms with van der Waals surface area (Å²) in [6.07, 6.45) is 6.80. The molecule has 0 atom stereocenters. The van der Waals surface area contributed by atoms with Gasteiger partial charge in [-0.2, -0.15) is 5.26 Å². The second kappa shape index (κ2) is 9.36. The van der Waals surface area contributed by atoms with Crippen molar-refractivity contribution in [2.24, 2.45) is 0 Å². The Kier molecular flexibility index (Phi) is 6.87. The number of hydrogen-bond acceptors (Lipinski definition) is 4. The fourth-order valence-corrected chi connectivity index (χ4v) is 2.28. The minimum absolute atomic E-state index is 0.0620. The predicted octanol–water partition coefficient (Wildman–Crippen LogP) is 2.56. The van der Waals surface area contributed by atoms with Gasteiger partial charge >= 0.3 is 0 Å². The molecule has 1 aromatic heterocycles. The van der Waals surface area contributed by atoms with E-state index in [1.54, 1.807) is 41.6 Å². The number of carbonyl (C=O) groups excluding carboxylic acids is 1. The summed E-state index contributed by atoms with van der Waals surface area (Å²) in [5.41, 5.74) is 2.41. The summed E-state index contributed by atoms with van der Waals surface area (Å²) in [5, 5.41) is 8.95. The summed E-state index contributed by atoms with van der Waals surface area (Å²) in [5.74, 6) is -0.0620. The van der Waals surface area contributed by atoms with E-state index in [1.165, 1.54) is 0 Å². The molecular weight excluding hydrogens is 312 g/mol. The maximum absolute atomic E-state index is 12.6. The number of nitriles is 1. The molecule has 0 saturated carbocycles. The number of pyridine rings is 1. The van der Waals surface area contributed by atoms with Crippen LogP contribution in [0.4, 0.5) is 0 Å². The van der Waals surface area contributed by atoms with Crippen LogP contribution in [0.5, 0.6) is 0 Å². The van der Waals surface area contributed by atoms with E-state index in [9.17, 15) is 4.79 Å². The molecule has 0 aliphatic rings. The Hall–Kier alpha value is -2.97. The smallest absolute Gasteiger partial charge is 0.246 e. The van der Waals surface area contributed by atoms with E-state index in [2.05, 4.69) is 11.1 Å². The van der Waals surface area contributed by atoms with E-state index in [1.807, 2.05) is 43.3 Å². The molecular formula is C20H22N4O. The molecule has 0 saturated heterocycles. The van der Waals surface area contributed by atoms with Gasteiger partial charge in [0, 0.05) is 38.1 Å². The van der Waals surface area contributed by atoms with Gasteiger partial charge in [0.05, 0.1) is 11.6 Å². The minimum atomic E-state index is -0.0620. The maximum atomic E-state index is 12.6. The lowest BCUT2D eigenvalue weighted by molar-refractivity contribution is -0.126. The van der Waals surface area contributed by atoms with Gasteiger partial charge in [0.2, 0.25) is 5.91 Å². The van der Waals surface area contributed by atoms with Crippen molar-refractivity contribution in [3.8, 4) is 6.07 Å². The Morgan fingerprint density at radius 1 is 1.24 bits per heavy atom. The second-order valence-electron chi connectivity index (χ2n) is 5.99. The molecule has 1 amide bonds. The highest BCUT2D eigenvalue weighted by Gasteiger charge is 2.11. The Balaban J connectivity index is 2.10. The summed E-state index contributed by atoms with van der Waals surface area (Å²) >= 11 is 0. The number of likely N-dealkylation sites (N-methyl/N-ethyl adjacent to an activating group) is 1. The third-order valence-corrected chi connectivity index (χ3v) is 3.66. The number of rotatable bonds is 7. The van der Waals surface area contributed by atoms with Gasteiger partial charge in [-0.3, -0.25) is 9.78 Å². The highest BCUT2D eigenvalue weighted by atomic mass is 16.2. The monoisotopic (exact) mass is 334 g/mol. The lowest BCUT2D eigenvalue weighted by Crippen LogP contribution is -2.35. The molecule has 5 nitrogen and oxygen atoms in total. The summed E-state index contributed by atoms with van der Waals surface area (Å²) in [6, 6.07) is 13.1. The molecule has 0 radical (unpaired) electrons.